The predicted octanol–water partition coefficient (Wildman–Crippen LogP) is 2.32. The zero-order valence-corrected chi connectivity index (χ0v) is 16.7. The van der Waals surface area contributed by atoms with Crippen LogP contribution in [-0.4, -0.2) is 36.4 Å². The fraction of sp³-hybridized carbons (Fsp3) is 0.200. The number of benzene rings is 2. The first-order valence-electron chi connectivity index (χ1n) is 9.21. The van der Waals surface area contributed by atoms with Gasteiger partial charge in [-0.25, -0.2) is 10.8 Å². The van der Waals surface area contributed by atoms with Gasteiger partial charge in [0.1, 0.15) is 11.6 Å². The second kappa shape index (κ2) is 8.46. The molecule has 4 aromatic rings. The molecule has 9 heteroatoms. The molecule has 0 unspecified atom stereocenters. The number of imidazole rings is 1. The summed E-state index contributed by atoms with van der Waals surface area (Å²) in [6, 6.07) is 16.1. The molecule has 8 nitrogen and oxygen atoms in total. The van der Waals surface area contributed by atoms with Crippen LogP contribution in [0, 0.1) is 6.92 Å². The lowest BCUT2D eigenvalue weighted by Crippen LogP contribution is -2.31. The van der Waals surface area contributed by atoms with E-state index in [1.165, 1.54) is 17.3 Å². The van der Waals surface area contributed by atoms with Crippen LogP contribution in [0.5, 0.6) is 0 Å². The van der Waals surface area contributed by atoms with Crippen LogP contribution >= 0.6 is 11.8 Å². The molecule has 4 rings (SSSR count). The largest absolute Gasteiger partial charge is 0.342 e. The van der Waals surface area contributed by atoms with E-state index in [0.29, 0.717) is 18.0 Å². The molecule has 2 heterocycles. The van der Waals surface area contributed by atoms with Gasteiger partial charge in [0, 0.05) is 18.5 Å². The Bertz CT molecular complexity index is 1100. The number of para-hydroxylation sites is 2. The topological polar surface area (TPSA) is 115 Å². The van der Waals surface area contributed by atoms with E-state index in [1.54, 1.807) is 0 Å². The molecule has 2 aromatic carbocycles. The number of nitrogens with one attached hydrogen (secondary N) is 2. The van der Waals surface area contributed by atoms with Crippen molar-refractivity contribution in [3.63, 3.8) is 0 Å². The van der Waals surface area contributed by atoms with Gasteiger partial charge in [0.25, 0.3) is 0 Å². The highest BCUT2D eigenvalue weighted by Crippen LogP contribution is 2.23. The Morgan fingerprint density at radius 1 is 1.14 bits per heavy atom. The van der Waals surface area contributed by atoms with Crippen molar-refractivity contribution in [2.45, 2.75) is 24.9 Å². The Hall–Kier alpha value is -3.17. The van der Waals surface area contributed by atoms with Crippen LogP contribution in [0.25, 0.3) is 16.7 Å². The van der Waals surface area contributed by atoms with Crippen molar-refractivity contribution in [1.29, 1.82) is 0 Å². The van der Waals surface area contributed by atoms with E-state index in [1.807, 2.05) is 60.0 Å². The molecule has 0 saturated carbocycles. The molecule has 0 radical (unpaired) electrons. The van der Waals surface area contributed by atoms with E-state index in [9.17, 15) is 4.79 Å². The van der Waals surface area contributed by atoms with Gasteiger partial charge in [0.2, 0.25) is 5.91 Å². The van der Waals surface area contributed by atoms with Crippen LogP contribution < -0.4 is 11.3 Å². The molecule has 0 saturated heterocycles. The third-order valence-electron chi connectivity index (χ3n) is 4.51. The number of hydrogen-bond acceptors (Lipinski definition) is 6. The van der Waals surface area contributed by atoms with Gasteiger partial charge in [0.15, 0.2) is 5.16 Å². The standard InChI is InChI=1S/C20H21N7OS/c1-13-6-8-14(9-7-13)27-18(25-26-20(27)29-12-19(28)24-21)11-10-17-22-15-4-2-3-5-16(15)23-17/h2-9H,10-12,21H2,1H3,(H,22,23)(H,24,28). The van der Waals surface area contributed by atoms with Crippen molar-refractivity contribution >= 4 is 28.7 Å². The fourth-order valence-corrected chi connectivity index (χ4v) is 3.82. The van der Waals surface area contributed by atoms with Gasteiger partial charge < -0.3 is 4.98 Å². The van der Waals surface area contributed by atoms with Crippen molar-refractivity contribution in [3.8, 4) is 5.69 Å². The Balaban J connectivity index is 1.60. The van der Waals surface area contributed by atoms with Crippen molar-refractivity contribution in [3.05, 3.63) is 65.7 Å². The van der Waals surface area contributed by atoms with E-state index >= 15 is 0 Å². The second-order valence-electron chi connectivity index (χ2n) is 6.63. The van der Waals surface area contributed by atoms with Crippen molar-refractivity contribution < 1.29 is 4.79 Å². The number of aryl methyl sites for hydroxylation is 3. The van der Waals surface area contributed by atoms with Crippen LogP contribution in [0.4, 0.5) is 0 Å². The number of rotatable bonds is 7. The van der Waals surface area contributed by atoms with Crippen molar-refractivity contribution in [1.82, 2.24) is 30.2 Å². The summed E-state index contributed by atoms with van der Waals surface area (Å²) in [6.45, 7) is 2.04. The van der Waals surface area contributed by atoms with E-state index in [0.717, 1.165) is 28.4 Å². The quantitative estimate of drug-likeness (QED) is 0.187. The fourth-order valence-electron chi connectivity index (χ4n) is 3.03. The lowest BCUT2D eigenvalue weighted by Gasteiger charge is -2.10. The maximum absolute atomic E-state index is 11.6. The number of amides is 1. The number of nitrogens with two attached hydrogens (primary N) is 1. The van der Waals surface area contributed by atoms with E-state index in [4.69, 9.17) is 5.84 Å². The number of fused-ring (bicyclic) bond motifs is 1. The number of thioether (sulfide) groups is 1. The second-order valence-corrected chi connectivity index (χ2v) is 7.57. The van der Waals surface area contributed by atoms with E-state index in [-0.39, 0.29) is 11.7 Å². The minimum atomic E-state index is -0.266. The Kier molecular flexibility index (Phi) is 5.59. The van der Waals surface area contributed by atoms with Crippen LogP contribution in [-0.2, 0) is 17.6 Å². The molecule has 2 aromatic heterocycles. The lowest BCUT2D eigenvalue weighted by molar-refractivity contribution is -0.118. The predicted molar refractivity (Wildman–Crippen MR) is 113 cm³/mol. The molecule has 0 fully saturated rings. The average Bonchev–Trinajstić information content (AvgIpc) is 3.34. The summed E-state index contributed by atoms with van der Waals surface area (Å²) in [7, 11) is 0. The summed E-state index contributed by atoms with van der Waals surface area (Å²) in [5.74, 6) is 6.80. The Morgan fingerprint density at radius 3 is 2.69 bits per heavy atom. The molecule has 0 atom stereocenters. The normalized spacial score (nSPS) is 11.1. The monoisotopic (exact) mass is 407 g/mol. The third-order valence-corrected chi connectivity index (χ3v) is 5.44. The summed E-state index contributed by atoms with van der Waals surface area (Å²) >= 11 is 1.30. The van der Waals surface area contributed by atoms with Crippen molar-refractivity contribution in [2.75, 3.05) is 5.75 Å². The van der Waals surface area contributed by atoms with Crippen molar-refractivity contribution in [2.24, 2.45) is 5.84 Å². The highest BCUT2D eigenvalue weighted by Gasteiger charge is 2.16. The maximum Gasteiger partial charge on any atom is 0.244 e. The van der Waals surface area contributed by atoms with Crippen LogP contribution in [0.15, 0.2) is 53.7 Å². The minimum Gasteiger partial charge on any atom is -0.342 e. The Labute approximate surface area is 171 Å². The number of carbonyl (C=O) groups is 1. The molecular formula is C20H21N7OS. The SMILES string of the molecule is Cc1ccc(-n2c(CCc3nc4ccccc4[nH]3)nnc2SCC(=O)NN)cc1. The van der Waals surface area contributed by atoms with Crippen LogP contribution in [0.1, 0.15) is 17.2 Å². The van der Waals surface area contributed by atoms with Gasteiger partial charge in [-0.1, -0.05) is 41.6 Å². The summed E-state index contributed by atoms with van der Waals surface area (Å²) in [5.41, 5.74) is 6.23. The zero-order valence-electron chi connectivity index (χ0n) is 15.9. The summed E-state index contributed by atoms with van der Waals surface area (Å²) < 4.78 is 1.98. The average molecular weight is 408 g/mol. The van der Waals surface area contributed by atoms with Crippen LogP contribution in [0.3, 0.4) is 0 Å². The van der Waals surface area contributed by atoms with E-state index in [2.05, 4.69) is 25.6 Å². The maximum atomic E-state index is 11.6. The van der Waals surface area contributed by atoms with E-state index < -0.39 is 0 Å². The molecule has 1 amide bonds. The minimum absolute atomic E-state index is 0.171. The van der Waals surface area contributed by atoms with Gasteiger partial charge in [-0.05, 0) is 31.2 Å². The highest BCUT2D eigenvalue weighted by molar-refractivity contribution is 7.99. The summed E-state index contributed by atoms with van der Waals surface area (Å²) in [6.07, 6.45) is 1.36. The molecule has 0 aliphatic heterocycles. The number of nitrogens with zero attached hydrogens (tertiary/aromatic N) is 4. The summed E-state index contributed by atoms with van der Waals surface area (Å²) in [5, 5.41) is 9.33. The number of carbonyl (C=O) groups excluding carboxylic acids is 1. The molecule has 0 spiro atoms. The van der Waals surface area contributed by atoms with Gasteiger partial charge >= 0.3 is 0 Å². The molecule has 4 N–H and O–H groups in total. The Morgan fingerprint density at radius 2 is 1.93 bits per heavy atom. The van der Waals surface area contributed by atoms with Gasteiger partial charge in [-0.15, -0.1) is 10.2 Å². The zero-order chi connectivity index (χ0) is 20.2. The smallest absolute Gasteiger partial charge is 0.244 e. The molecule has 29 heavy (non-hydrogen) atoms. The first-order valence-corrected chi connectivity index (χ1v) is 10.2. The molecular weight excluding hydrogens is 386 g/mol. The molecule has 0 aliphatic carbocycles. The molecule has 0 aliphatic rings. The van der Waals surface area contributed by atoms with Crippen LogP contribution in [0.2, 0.25) is 0 Å². The lowest BCUT2D eigenvalue weighted by atomic mass is 10.2. The number of H-pyrrole nitrogens is 1. The number of hydrogen-bond donors (Lipinski definition) is 3. The highest BCUT2D eigenvalue weighted by atomic mass is 32.2. The number of aromatic nitrogens is 5. The third kappa shape index (κ3) is 4.30. The molecule has 0 bridgehead atoms. The first kappa shape index (κ1) is 19.2. The van der Waals surface area contributed by atoms with Gasteiger partial charge in [-0.2, -0.15) is 0 Å². The van der Waals surface area contributed by atoms with Gasteiger partial charge in [-0.3, -0.25) is 14.8 Å². The first-order chi connectivity index (χ1) is 14.1. The number of aromatic amines is 1. The number of hydrazine groups is 1. The summed E-state index contributed by atoms with van der Waals surface area (Å²) in [4.78, 5) is 19.5. The van der Waals surface area contributed by atoms with Gasteiger partial charge in [0.05, 0.1) is 16.8 Å². The molecule has 148 valence electrons.